The Kier molecular flexibility index (Phi) is 3.61. The molecule has 0 bridgehead atoms. The van der Waals surface area contributed by atoms with Crippen molar-refractivity contribution in [1.29, 1.82) is 0 Å². The Bertz CT molecular complexity index is 643. The second-order valence-electron chi connectivity index (χ2n) is 4.18. The lowest BCUT2D eigenvalue weighted by Crippen LogP contribution is -2.21. The van der Waals surface area contributed by atoms with Crippen molar-refractivity contribution >= 4 is 17.5 Å². The predicted molar refractivity (Wildman–Crippen MR) is 73.4 cm³/mol. The molecule has 0 aliphatic carbocycles. The first kappa shape index (κ1) is 12.8. The Hall–Kier alpha value is -2.63. The molecule has 1 heterocycles. The lowest BCUT2D eigenvalue weighted by atomic mass is 10.1. The van der Waals surface area contributed by atoms with Crippen molar-refractivity contribution in [2.75, 3.05) is 10.6 Å². The smallest absolute Gasteiger partial charge is 0.308 e. The lowest BCUT2D eigenvalue weighted by Gasteiger charge is -2.08. The van der Waals surface area contributed by atoms with Gasteiger partial charge in [0.25, 0.3) is 5.56 Å². The number of H-pyrrole nitrogens is 1. The first-order valence-corrected chi connectivity index (χ1v) is 5.75. The van der Waals surface area contributed by atoms with Crippen LogP contribution < -0.4 is 16.2 Å². The summed E-state index contributed by atoms with van der Waals surface area (Å²) in [5.41, 5.74) is 2.64. The number of urea groups is 1. The third-order valence-electron chi connectivity index (χ3n) is 2.69. The third-order valence-corrected chi connectivity index (χ3v) is 2.69. The molecule has 0 fully saturated rings. The summed E-state index contributed by atoms with van der Waals surface area (Å²) in [6, 6.07) is 7.95. The van der Waals surface area contributed by atoms with Crippen LogP contribution in [0.3, 0.4) is 0 Å². The van der Waals surface area contributed by atoms with Crippen molar-refractivity contribution in [3.05, 3.63) is 51.8 Å². The van der Waals surface area contributed by atoms with Crippen molar-refractivity contribution in [3.63, 3.8) is 0 Å². The summed E-state index contributed by atoms with van der Waals surface area (Å²) in [6.07, 6.45) is 0. The van der Waals surface area contributed by atoms with Crippen LogP contribution in [0, 0.1) is 13.8 Å². The molecule has 0 saturated carbocycles. The number of amides is 2. The van der Waals surface area contributed by atoms with Gasteiger partial charge in [-0.15, -0.1) is 0 Å². The molecule has 0 atom stereocenters. The fourth-order valence-corrected chi connectivity index (χ4v) is 1.51. The first-order valence-electron chi connectivity index (χ1n) is 5.75. The normalized spacial score (nSPS) is 10.0. The van der Waals surface area contributed by atoms with E-state index in [1.165, 1.54) is 12.1 Å². The van der Waals surface area contributed by atoms with Crippen LogP contribution in [-0.2, 0) is 0 Å². The molecule has 0 aliphatic heterocycles. The van der Waals surface area contributed by atoms with Crippen molar-refractivity contribution in [2.24, 2.45) is 0 Å². The van der Waals surface area contributed by atoms with E-state index in [9.17, 15) is 9.59 Å². The van der Waals surface area contributed by atoms with Gasteiger partial charge in [0, 0.05) is 11.8 Å². The molecule has 0 spiro atoms. The van der Waals surface area contributed by atoms with Crippen LogP contribution in [-0.4, -0.2) is 16.2 Å². The van der Waals surface area contributed by atoms with Gasteiger partial charge in [0.1, 0.15) is 0 Å². The van der Waals surface area contributed by atoms with E-state index in [2.05, 4.69) is 20.8 Å². The van der Waals surface area contributed by atoms with Crippen LogP contribution in [0.25, 0.3) is 0 Å². The summed E-state index contributed by atoms with van der Waals surface area (Å²) in [5.74, 6) is 0.279. The van der Waals surface area contributed by atoms with E-state index in [1.807, 2.05) is 32.0 Å². The highest BCUT2D eigenvalue weighted by molar-refractivity contribution is 5.99. The van der Waals surface area contributed by atoms with Crippen LogP contribution in [0.1, 0.15) is 11.1 Å². The van der Waals surface area contributed by atoms with Gasteiger partial charge < -0.3 is 5.32 Å². The number of aromatic nitrogens is 2. The van der Waals surface area contributed by atoms with Crippen molar-refractivity contribution in [3.8, 4) is 0 Å². The predicted octanol–water partition coefficient (Wildman–Crippen LogP) is 2.03. The number of aryl methyl sites for hydroxylation is 2. The van der Waals surface area contributed by atoms with E-state index in [-0.39, 0.29) is 11.4 Å². The van der Waals surface area contributed by atoms with E-state index in [0.29, 0.717) is 5.69 Å². The van der Waals surface area contributed by atoms with Gasteiger partial charge in [-0.1, -0.05) is 6.07 Å². The van der Waals surface area contributed by atoms with E-state index >= 15 is 0 Å². The quantitative estimate of drug-likeness (QED) is 0.770. The summed E-state index contributed by atoms with van der Waals surface area (Å²) in [4.78, 5) is 22.5. The number of carbonyl (C=O) groups excluding carboxylic acids is 1. The number of anilines is 2. The molecule has 2 amide bonds. The summed E-state index contributed by atoms with van der Waals surface area (Å²) < 4.78 is 0. The molecule has 0 radical (unpaired) electrons. The minimum Gasteiger partial charge on any atom is -0.308 e. The molecular weight excluding hydrogens is 244 g/mol. The highest BCUT2D eigenvalue weighted by Crippen LogP contribution is 2.14. The average Bonchev–Trinajstić information content (AvgIpc) is 2.37. The molecule has 1 aromatic carbocycles. The molecule has 3 N–H and O–H groups in total. The summed E-state index contributed by atoms with van der Waals surface area (Å²) in [6.45, 7) is 3.98. The highest BCUT2D eigenvalue weighted by Gasteiger charge is 2.04. The Labute approximate surface area is 109 Å². The largest absolute Gasteiger partial charge is 0.324 e. The molecule has 2 aromatic rings. The van der Waals surface area contributed by atoms with Gasteiger partial charge in [-0.05, 0) is 43.2 Å². The molecule has 6 nitrogen and oxygen atoms in total. The third kappa shape index (κ3) is 3.41. The molecular formula is C13H14N4O2. The first-order chi connectivity index (χ1) is 9.04. The minimum absolute atomic E-state index is 0.279. The van der Waals surface area contributed by atoms with Gasteiger partial charge in [-0.2, -0.15) is 5.10 Å². The number of aromatic amines is 1. The van der Waals surface area contributed by atoms with E-state index in [1.54, 1.807) is 0 Å². The van der Waals surface area contributed by atoms with Crippen molar-refractivity contribution in [1.82, 2.24) is 10.2 Å². The summed E-state index contributed by atoms with van der Waals surface area (Å²) in [7, 11) is 0. The lowest BCUT2D eigenvalue weighted by molar-refractivity contribution is 0.262. The average molecular weight is 258 g/mol. The van der Waals surface area contributed by atoms with E-state index < -0.39 is 6.03 Å². The zero-order chi connectivity index (χ0) is 13.8. The maximum Gasteiger partial charge on any atom is 0.324 e. The molecule has 0 unspecified atom stereocenters. The van der Waals surface area contributed by atoms with Gasteiger partial charge in [0.15, 0.2) is 5.82 Å². The zero-order valence-corrected chi connectivity index (χ0v) is 10.7. The van der Waals surface area contributed by atoms with Gasteiger partial charge in [0.05, 0.1) is 0 Å². The number of carbonyl (C=O) groups is 1. The number of hydrogen-bond acceptors (Lipinski definition) is 3. The van der Waals surface area contributed by atoms with Gasteiger partial charge in [-0.25, -0.2) is 9.89 Å². The summed E-state index contributed by atoms with van der Waals surface area (Å²) >= 11 is 0. The zero-order valence-electron chi connectivity index (χ0n) is 10.7. The van der Waals surface area contributed by atoms with Crippen molar-refractivity contribution in [2.45, 2.75) is 13.8 Å². The SMILES string of the molecule is Cc1ccc(NC(=O)Nc2ccc(=O)[nH]n2)cc1C. The Morgan fingerprint density at radius 2 is 1.89 bits per heavy atom. The molecule has 0 aliphatic rings. The molecule has 1 aromatic heterocycles. The monoisotopic (exact) mass is 258 g/mol. The Morgan fingerprint density at radius 3 is 2.53 bits per heavy atom. The van der Waals surface area contributed by atoms with Gasteiger partial charge in [0.2, 0.25) is 0 Å². The number of nitrogens with one attached hydrogen (secondary N) is 3. The molecule has 6 heteroatoms. The Morgan fingerprint density at radius 1 is 1.11 bits per heavy atom. The number of hydrogen-bond donors (Lipinski definition) is 3. The molecule has 2 rings (SSSR count). The topological polar surface area (TPSA) is 86.9 Å². The molecule has 0 saturated heterocycles. The van der Waals surface area contributed by atoms with E-state index in [0.717, 1.165) is 11.1 Å². The number of benzene rings is 1. The van der Waals surface area contributed by atoms with Gasteiger partial charge in [-0.3, -0.25) is 10.1 Å². The number of nitrogens with zero attached hydrogens (tertiary/aromatic N) is 1. The second-order valence-corrected chi connectivity index (χ2v) is 4.18. The fraction of sp³-hybridized carbons (Fsp3) is 0.154. The van der Waals surface area contributed by atoms with Crippen LogP contribution in [0.5, 0.6) is 0 Å². The minimum atomic E-state index is -0.414. The maximum atomic E-state index is 11.7. The molecule has 19 heavy (non-hydrogen) atoms. The standard InChI is InChI=1S/C13H14N4O2/c1-8-3-4-10(7-9(8)2)14-13(19)15-11-5-6-12(18)17-16-11/h3-7H,1-2H3,(H,17,18)(H2,14,15,16,19). The highest BCUT2D eigenvalue weighted by atomic mass is 16.2. The second kappa shape index (κ2) is 5.34. The molecule has 98 valence electrons. The van der Waals surface area contributed by atoms with Crippen LogP contribution >= 0.6 is 0 Å². The van der Waals surface area contributed by atoms with Crippen LogP contribution in [0.4, 0.5) is 16.3 Å². The fourth-order valence-electron chi connectivity index (χ4n) is 1.51. The van der Waals surface area contributed by atoms with Crippen LogP contribution in [0.2, 0.25) is 0 Å². The summed E-state index contributed by atoms with van der Waals surface area (Å²) in [5, 5.41) is 11.1. The number of rotatable bonds is 2. The Balaban J connectivity index is 2.03. The van der Waals surface area contributed by atoms with Crippen LogP contribution in [0.15, 0.2) is 35.1 Å². The van der Waals surface area contributed by atoms with E-state index in [4.69, 9.17) is 0 Å². The van der Waals surface area contributed by atoms with Crippen molar-refractivity contribution < 1.29 is 4.79 Å². The van der Waals surface area contributed by atoms with Gasteiger partial charge >= 0.3 is 6.03 Å². The maximum absolute atomic E-state index is 11.7.